The van der Waals surface area contributed by atoms with Crippen LogP contribution in [0, 0.1) is 17.3 Å². The standard InChI is InChI=1S/2C26H50O4/c1-5-9-17-23(7-3)21-29-25(27)19-15-13-11-12-14-16-20-26(28)30-22-24(8-4)18-10-6-2;1-3-5-7-9-13-17-21-26(25(29)30,22-18-14-10-8-6-4-2)23-19-15-11-12-16-20-24(27)28/h23-24H,5-22H2,1-4H3;3-23H2,1-2H3,(H,27,28)(H,29,30). The number of unbranched alkanes of at least 4 members (excludes halogenated alkanes) is 21. The molecule has 2 atom stereocenters. The van der Waals surface area contributed by atoms with Gasteiger partial charge in [0.2, 0.25) is 0 Å². The highest BCUT2D eigenvalue weighted by atomic mass is 16.5. The van der Waals surface area contributed by atoms with E-state index >= 15 is 0 Å². The van der Waals surface area contributed by atoms with Gasteiger partial charge in [0.25, 0.3) is 0 Å². The van der Waals surface area contributed by atoms with Gasteiger partial charge in [0.1, 0.15) is 0 Å². The predicted octanol–water partition coefficient (Wildman–Crippen LogP) is 16.0. The molecule has 0 aromatic carbocycles. The predicted molar refractivity (Wildman–Crippen MR) is 251 cm³/mol. The van der Waals surface area contributed by atoms with Crippen molar-refractivity contribution in [2.75, 3.05) is 13.2 Å². The van der Waals surface area contributed by atoms with E-state index in [-0.39, 0.29) is 18.4 Å². The van der Waals surface area contributed by atoms with Crippen LogP contribution in [0.3, 0.4) is 0 Å². The summed E-state index contributed by atoms with van der Waals surface area (Å²) in [5.41, 5.74) is -0.545. The second-order valence-corrected chi connectivity index (χ2v) is 18.1. The number of carbonyl (C=O) groups is 4. The smallest absolute Gasteiger partial charge is 0.309 e. The molecule has 2 unspecified atom stereocenters. The fourth-order valence-corrected chi connectivity index (χ4v) is 8.06. The molecule has 0 spiro atoms. The molecule has 356 valence electrons. The molecule has 8 heteroatoms. The molecule has 0 rings (SSSR count). The van der Waals surface area contributed by atoms with E-state index in [1.807, 2.05) is 0 Å². The fraction of sp³-hybridized carbons (Fsp3) is 0.923. The molecule has 2 N–H and O–H groups in total. The van der Waals surface area contributed by atoms with Gasteiger partial charge in [-0.3, -0.25) is 19.2 Å². The van der Waals surface area contributed by atoms with Crippen molar-refractivity contribution in [2.24, 2.45) is 17.3 Å². The second kappa shape index (κ2) is 44.9. The molecule has 60 heavy (non-hydrogen) atoms. The summed E-state index contributed by atoms with van der Waals surface area (Å²) in [5.74, 6) is -0.364. The Kier molecular flexibility index (Phi) is 44.9. The van der Waals surface area contributed by atoms with Gasteiger partial charge in [0, 0.05) is 19.3 Å². The van der Waals surface area contributed by atoms with Crippen molar-refractivity contribution in [3.05, 3.63) is 0 Å². The summed E-state index contributed by atoms with van der Waals surface area (Å²) < 4.78 is 10.9. The maximum absolute atomic E-state index is 12.3. The van der Waals surface area contributed by atoms with E-state index in [2.05, 4.69) is 41.5 Å². The summed E-state index contributed by atoms with van der Waals surface area (Å²) in [5, 5.41) is 18.9. The Labute approximate surface area is 371 Å². The van der Waals surface area contributed by atoms with E-state index in [0.29, 0.717) is 37.9 Å². The molecule has 0 aromatic rings. The van der Waals surface area contributed by atoms with Gasteiger partial charge in [-0.1, -0.05) is 208 Å². The lowest BCUT2D eigenvalue weighted by Crippen LogP contribution is -2.31. The second-order valence-electron chi connectivity index (χ2n) is 18.1. The van der Waals surface area contributed by atoms with Crippen LogP contribution in [0.2, 0.25) is 0 Å². The fourth-order valence-electron chi connectivity index (χ4n) is 8.06. The highest BCUT2D eigenvalue weighted by molar-refractivity contribution is 5.74. The van der Waals surface area contributed by atoms with Crippen LogP contribution < -0.4 is 0 Å². The number of esters is 2. The Hall–Kier alpha value is -2.12. The van der Waals surface area contributed by atoms with E-state index in [9.17, 15) is 24.3 Å². The largest absolute Gasteiger partial charge is 0.481 e. The van der Waals surface area contributed by atoms with Gasteiger partial charge in [0.15, 0.2) is 0 Å². The third-order valence-electron chi connectivity index (χ3n) is 12.6. The molecule has 0 saturated carbocycles. The molecule has 0 aliphatic rings. The maximum Gasteiger partial charge on any atom is 0.309 e. The molecule has 0 radical (unpaired) electrons. The number of rotatable bonds is 44. The first kappa shape index (κ1) is 60.0. The monoisotopic (exact) mass is 853 g/mol. The lowest BCUT2D eigenvalue weighted by Gasteiger charge is -2.30. The third-order valence-corrected chi connectivity index (χ3v) is 12.6. The third kappa shape index (κ3) is 38.8. The normalized spacial score (nSPS) is 12.4. The molecule has 0 saturated heterocycles. The molecule has 8 nitrogen and oxygen atoms in total. The summed E-state index contributed by atoms with van der Waals surface area (Å²) in [7, 11) is 0. The Balaban J connectivity index is 0. The molecular weight excluding hydrogens is 753 g/mol. The first-order chi connectivity index (χ1) is 29.0. The highest BCUT2D eigenvalue weighted by Gasteiger charge is 2.36. The van der Waals surface area contributed by atoms with Gasteiger partial charge < -0.3 is 19.7 Å². The number of hydrogen-bond acceptors (Lipinski definition) is 6. The number of ether oxygens (including phenoxy) is 2. The van der Waals surface area contributed by atoms with Crippen molar-refractivity contribution in [1.29, 1.82) is 0 Å². The Morgan fingerprint density at radius 1 is 0.400 bits per heavy atom. The number of carboxylic acid groups (broad SMARTS) is 2. The van der Waals surface area contributed by atoms with E-state index in [1.165, 1.54) is 77.0 Å². The van der Waals surface area contributed by atoms with Crippen LogP contribution in [-0.4, -0.2) is 47.3 Å². The van der Waals surface area contributed by atoms with Crippen LogP contribution in [0.4, 0.5) is 0 Å². The summed E-state index contributed by atoms with van der Waals surface area (Å²) in [6.45, 7) is 14.3. The van der Waals surface area contributed by atoms with Crippen LogP contribution in [0.15, 0.2) is 0 Å². The number of carbonyl (C=O) groups excluding carboxylic acids is 2. The van der Waals surface area contributed by atoms with Crippen LogP contribution in [0.5, 0.6) is 0 Å². The zero-order valence-electron chi connectivity index (χ0n) is 40.6. The molecule has 0 bridgehead atoms. The molecule has 0 fully saturated rings. The SMILES string of the molecule is CCCCC(CC)COC(=O)CCCCCCCCC(=O)OCC(CC)CCCC.CCCCCCCCC(CCCCCCCC)(CCCCCCCC(=O)O)C(=O)O. The van der Waals surface area contributed by atoms with Gasteiger partial charge in [0.05, 0.1) is 18.6 Å². The highest BCUT2D eigenvalue weighted by Crippen LogP contribution is 2.38. The molecule has 0 heterocycles. The quantitative estimate of drug-likeness (QED) is 0.0458. The van der Waals surface area contributed by atoms with Crippen LogP contribution in [-0.2, 0) is 28.7 Å². The van der Waals surface area contributed by atoms with Crippen molar-refractivity contribution in [3.63, 3.8) is 0 Å². The number of carboxylic acids is 2. The molecule has 0 aromatic heterocycles. The molecular formula is C52H100O8. The Morgan fingerprint density at radius 3 is 1.00 bits per heavy atom. The Bertz CT molecular complexity index is 927. The lowest BCUT2D eigenvalue weighted by molar-refractivity contribution is -0.151. The lowest BCUT2D eigenvalue weighted by atomic mass is 9.74. The van der Waals surface area contributed by atoms with Gasteiger partial charge in [-0.15, -0.1) is 0 Å². The maximum atomic E-state index is 12.3. The first-order valence-corrected chi connectivity index (χ1v) is 25.8. The zero-order valence-corrected chi connectivity index (χ0v) is 40.6. The van der Waals surface area contributed by atoms with Gasteiger partial charge >= 0.3 is 23.9 Å². The molecule has 0 amide bonds. The average molecular weight is 853 g/mol. The molecule has 0 aliphatic heterocycles. The van der Waals surface area contributed by atoms with E-state index < -0.39 is 17.4 Å². The summed E-state index contributed by atoms with van der Waals surface area (Å²) >= 11 is 0. The van der Waals surface area contributed by atoms with Crippen molar-refractivity contribution < 1.29 is 38.9 Å². The minimum atomic E-state index is -0.724. The number of hydrogen-bond donors (Lipinski definition) is 2. The van der Waals surface area contributed by atoms with E-state index in [1.54, 1.807) is 0 Å². The zero-order chi connectivity index (χ0) is 45.0. The minimum absolute atomic E-state index is 0.0444. The van der Waals surface area contributed by atoms with Gasteiger partial charge in [-0.2, -0.15) is 0 Å². The van der Waals surface area contributed by atoms with Crippen molar-refractivity contribution >= 4 is 23.9 Å². The number of aliphatic carboxylic acids is 2. The first-order valence-electron chi connectivity index (χ1n) is 25.8. The van der Waals surface area contributed by atoms with E-state index in [4.69, 9.17) is 14.6 Å². The molecule has 0 aliphatic carbocycles. The van der Waals surface area contributed by atoms with Crippen molar-refractivity contribution in [2.45, 2.75) is 279 Å². The van der Waals surface area contributed by atoms with E-state index in [0.717, 1.165) is 141 Å². The van der Waals surface area contributed by atoms with Crippen LogP contribution >= 0.6 is 0 Å². The van der Waals surface area contributed by atoms with Crippen LogP contribution in [0.25, 0.3) is 0 Å². The topological polar surface area (TPSA) is 127 Å². The van der Waals surface area contributed by atoms with Gasteiger partial charge in [-0.05, 0) is 63.2 Å². The van der Waals surface area contributed by atoms with Crippen LogP contribution in [0.1, 0.15) is 279 Å². The summed E-state index contributed by atoms with van der Waals surface area (Å²) in [4.78, 5) is 46.7. The van der Waals surface area contributed by atoms with Gasteiger partial charge in [-0.25, -0.2) is 0 Å². The van der Waals surface area contributed by atoms with Crippen molar-refractivity contribution in [1.82, 2.24) is 0 Å². The minimum Gasteiger partial charge on any atom is -0.481 e. The average Bonchev–Trinajstić information content (AvgIpc) is 3.23. The summed E-state index contributed by atoms with van der Waals surface area (Å²) in [6, 6.07) is 0. The Morgan fingerprint density at radius 2 is 0.700 bits per heavy atom. The summed E-state index contributed by atoms with van der Waals surface area (Å²) in [6.07, 6.45) is 38.2. The van der Waals surface area contributed by atoms with Crippen molar-refractivity contribution in [3.8, 4) is 0 Å².